The lowest BCUT2D eigenvalue weighted by atomic mass is 9.80. The van der Waals surface area contributed by atoms with Gasteiger partial charge in [-0.1, -0.05) is 20.3 Å². The average molecular weight is 545 g/mol. The van der Waals surface area contributed by atoms with Crippen molar-refractivity contribution < 1.29 is 23.1 Å². The van der Waals surface area contributed by atoms with Crippen LogP contribution in [0, 0.1) is 17.8 Å². The van der Waals surface area contributed by atoms with Crippen molar-refractivity contribution in [3.63, 3.8) is 0 Å². The van der Waals surface area contributed by atoms with E-state index in [9.17, 15) is 23.1 Å². The molecule has 3 aromatic heterocycles. The number of pyridine rings is 1. The highest BCUT2D eigenvalue weighted by Gasteiger charge is 2.41. The summed E-state index contributed by atoms with van der Waals surface area (Å²) in [6.07, 6.45) is 1.97. The first-order chi connectivity index (χ1) is 18.5. The van der Waals surface area contributed by atoms with E-state index in [0.717, 1.165) is 24.8 Å². The molecule has 2 fully saturated rings. The van der Waals surface area contributed by atoms with Crippen LogP contribution in [-0.4, -0.2) is 47.8 Å². The minimum absolute atomic E-state index is 0.00378. The maximum atomic E-state index is 13.3. The number of carboxylic acids is 1. The van der Waals surface area contributed by atoms with Crippen molar-refractivity contribution in [1.29, 1.82) is 0 Å². The van der Waals surface area contributed by atoms with Crippen LogP contribution in [-0.2, 0) is 6.54 Å². The number of rotatable bonds is 8. The van der Waals surface area contributed by atoms with Crippen LogP contribution in [0.2, 0.25) is 0 Å². The van der Waals surface area contributed by atoms with Gasteiger partial charge < -0.3 is 15.0 Å². The van der Waals surface area contributed by atoms with Gasteiger partial charge in [0.1, 0.15) is 11.2 Å². The second-order valence-corrected chi connectivity index (χ2v) is 11.4. The number of hydrogen-bond acceptors (Lipinski definition) is 6. The van der Waals surface area contributed by atoms with Crippen molar-refractivity contribution in [3.8, 4) is 11.5 Å². The molecule has 210 valence electrons. The Kier molecular flexibility index (Phi) is 7.52. The van der Waals surface area contributed by atoms with Crippen LogP contribution in [0.4, 0.5) is 19.0 Å². The maximum absolute atomic E-state index is 13.3. The summed E-state index contributed by atoms with van der Waals surface area (Å²) >= 11 is 0. The second kappa shape index (κ2) is 10.7. The number of nitrogens with one attached hydrogen (secondary N) is 1. The monoisotopic (exact) mass is 544 g/mol. The van der Waals surface area contributed by atoms with E-state index in [1.165, 1.54) is 0 Å². The molecule has 0 aliphatic heterocycles. The molecular formula is C28H35F3N6O2. The van der Waals surface area contributed by atoms with Gasteiger partial charge in [-0.25, -0.2) is 19.7 Å². The molecule has 2 saturated carbocycles. The summed E-state index contributed by atoms with van der Waals surface area (Å²) in [6, 6.07) is 3.96. The van der Waals surface area contributed by atoms with E-state index in [0.29, 0.717) is 48.2 Å². The molecule has 0 aromatic carbocycles. The number of carbonyl (C=O) groups is 1. The highest BCUT2D eigenvalue weighted by Crippen LogP contribution is 2.41. The van der Waals surface area contributed by atoms with E-state index < -0.39 is 18.1 Å². The Hall–Kier alpha value is -3.24. The third kappa shape index (κ3) is 5.72. The Morgan fingerprint density at radius 3 is 2.41 bits per heavy atom. The molecule has 1 atom stereocenters. The minimum atomic E-state index is -4.17. The van der Waals surface area contributed by atoms with E-state index in [4.69, 9.17) is 4.98 Å². The number of hydrogen-bond donors (Lipinski definition) is 2. The van der Waals surface area contributed by atoms with Crippen molar-refractivity contribution >= 4 is 23.0 Å². The van der Waals surface area contributed by atoms with Crippen LogP contribution in [0.15, 0.2) is 18.3 Å². The molecule has 0 saturated heterocycles. The predicted octanol–water partition coefficient (Wildman–Crippen LogP) is 6.68. The number of anilines is 1. The van der Waals surface area contributed by atoms with Crippen LogP contribution in [0.5, 0.6) is 0 Å². The Morgan fingerprint density at radius 1 is 1.10 bits per heavy atom. The van der Waals surface area contributed by atoms with E-state index in [2.05, 4.69) is 41.0 Å². The molecule has 0 radical (unpaired) electrons. The van der Waals surface area contributed by atoms with Gasteiger partial charge in [0, 0.05) is 18.8 Å². The van der Waals surface area contributed by atoms with Crippen LogP contribution in [0.3, 0.4) is 0 Å². The van der Waals surface area contributed by atoms with Gasteiger partial charge in [-0.15, -0.1) is 0 Å². The smallest absolute Gasteiger partial charge is 0.391 e. The van der Waals surface area contributed by atoms with Crippen LogP contribution in [0.1, 0.15) is 87.8 Å². The lowest BCUT2D eigenvalue weighted by Gasteiger charge is -2.32. The van der Waals surface area contributed by atoms with Crippen molar-refractivity contribution in [2.75, 3.05) is 5.32 Å². The zero-order valence-electron chi connectivity index (χ0n) is 22.5. The molecule has 3 heterocycles. The molecule has 5 rings (SSSR count). The standard InChI is InChI=1S/C28H35F3N6O2/c1-15(2)19-11-12-32-21(13-19)26-36-24-22(37(26)14-17-7-9-20(10-8-17)28(29,30)31)23(34-25(35-24)27(38)39)33-16(3)18-5-4-6-18/h11-13,15-18,20H,4-10,14H2,1-3H3,(H,38,39)(H,33,34,35)/t16-,17-,20-/m1/s1. The molecule has 8 nitrogen and oxygen atoms in total. The largest absolute Gasteiger partial charge is 0.475 e. The van der Waals surface area contributed by atoms with Gasteiger partial charge in [0.25, 0.3) is 0 Å². The molecule has 39 heavy (non-hydrogen) atoms. The topological polar surface area (TPSA) is 106 Å². The number of carboxylic acid groups (broad SMARTS) is 1. The fourth-order valence-corrected chi connectivity index (χ4v) is 5.74. The van der Waals surface area contributed by atoms with Crippen molar-refractivity contribution in [3.05, 3.63) is 29.7 Å². The number of alkyl halides is 3. The molecular weight excluding hydrogens is 509 g/mol. The Morgan fingerprint density at radius 2 is 1.82 bits per heavy atom. The first kappa shape index (κ1) is 27.3. The number of imidazole rings is 1. The number of nitrogens with zero attached hydrogens (tertiary/aromatic N) is 5. The normalized spacial score (nSPS) is 21.2. The number of halogens is 3. The van der Waals surface area contributed by atoms with E-state index >= 15 is 0 Å². The summed E-state index contributed by atoms with van der Waals surface area (Å²) in [6.45, 7) is 6.64. The SMILES string of the molecule is CC(C)c1ccnc(-c2nc3nc(C(=O)O)nc(N[C@H](C)C4CCC4)c3n2C[C@H]2CC[C@H](C(F)(F)F)CC2)c1. The predicted molar refractivity (Wildman–Crippen MR) is 142 cm³/mol. The molecule has 2 aliphatic carbocycles. The second-order valence-electron chi connectivity index (χ2n) is 11.4. The fraction of sp³-hybridized carbons (Fsp3) is 0.607. The zero-order chi connectivity index (χ0) is 27.9. The minimum Gasteiger partial charge on any atom is -0.475 e. The van der Waals surface area contributed by atoms with Crippen molar-refractivity contribution in [2.45, 2.75) is 90.4 Å². The molecule has 2 N–H and O–H groups in total. The molecule has 0 bridgehead atoms. The van der Waals surface area contributed by atoms with Crippen LogP contribution < -0.4 is 5.32 Å². The highest BCUT2D eigenvalue weighted by molar-refractivity contribution is 5.92. The van der Waals surface area contributed by atoms with Gasteiger partial charge in [0.15, 0.2) is 17.3 Å². The van der Waals surface area contributed by atoms with Crippen molar-refractivity contribution in [2.24, 2.45) is 17.8 Å². The quantitative estimate of drug-likeness (QED) is 0.326. The molecule has 11 heteroatoms. The fourth-order valence-electron chi connectivity index (χ4n) is 5.74. The van der Waals surface area contributed by atoms with Gasteiger partial charge in [-0.3, -0.25) is 4.98 Å². The highest BCUT2D eigenvalue weighted by atomic mass is 19.4. The third-order valence-corrected chi connectivity index (χ3v) is 8.45. The molecule has 2 aliphatic rings. The van der Waals surface area contributed by atoms with E-state index in [1.54, 1.807) is 6.20 Å². The summed E-state index contributed by atoms with van der Waals surface area (Å²) in [7, 11) is 0. The summed E-state index contributed by atoms with van der Waals surface area (Å²) < 4.78 is 41.9. The Balaban J connectivity index is 1.60. The summed E-state index contributed by atoms with van der Waals surface area (Å²) in [5.41, 5.74) is 2.48. The Bertz CT molecular complexity index is 1340. The third-order valence-electron chi connectivity index (χ3n) is 8.45. The van der Waals surface area contributed by atoms with Crippen LogP contribution >= 0.6 is 0 Å². The molecule has 0 spiro atoms. The van der Waals surface area contributed by atoms with Crippen molar-refractivity contribution in [1.82, 2.24) is 24.5 Å². The molecule has 0 unspecified atom stereocenters. The first-order valence-electron chi connectivity index (χ1n) is 13.8. The summed E-state index contributed by atoms with van der Waals surface area (Å²) in [5.74, 6) is -1.25. The lowest BCUT2D eigenvalue weighted by Crippen LogP contribution is -2.32. The molecule has 3 aromatic rings. The molecule has 0 amide bonds. The summed E-state index contributed by atoms with van der Waals surface area (Å²) in [5, 5.41) is 13.2. The lowest BCUT2D eigenvalue weighted by molar-refractivity contribution is -0.184. The van der Waals surface area contributed by atoms with Gasteiger partial charge in [-0.05, 0) is 80.9 Å². The van der Waals surface area contributed by atoms with Gasteiger partial charge in [0.05, 0.1) is 5.92 Å². The maximum Gasteiger partial charge on any atom is 0.391 e. The Labute approximate surface area is 225 Å². The van der Waals surface area contributed by atoms with Gasteiger partial charge >= 0.3 is 12.1 Å². The van der Waals surface area contributed by atoms with E-state index in [-0.39, 0.29) is 42.2 Å². The van der Waals surface area contributed by atoms with Crippen LogP contribution in [0.25, 0.3) is 22.7 Å². The van der Waals surface area contributed by atoms with Gasteiger partial charge in [-0.2, -0.15) is 13.2 Å². The first-order valence-corrected chi connectivity index (χ1v) is 13.8. The van der Waals surface area contributed by atoms with E-state index in [1.807, 2.05) is 16.7 Å². The number of aromatic carboxylic acids is 1. The number of fused-ring (bicyclic) bond motifs is 1. The summed E-state index contributed by atoms with van der Waals surface area (Å²) in [4.78, 5) is 29.9. The van der Waals surface area contributed by atoms with Gasteiger partial charge in [0.2, 0.25) is 5.82 Å². The zero-order valence-corrected chi connectivity index (χ0v) is 22.5. The number of aromatic nitrogens is 5. The average Bonchev–Trinajstić information content (AvgIpc) is 3.21.